The molecule has 1 fully saturated rings. The Morgan fingerprint density at radius 3 is 3.09 bits per heavy atom. The minimum Gasteiger partial charge on any atom is -0.360 e. The summed E-state index contributed by atoms with van der Waals surface area (Å²) in [6.07, 6.45) is 5.32. The lowest BCUT2D eigenvalue weighted by Crippen LogP contribution is -2.40. The third kappa shape index (κ3) is 3.71. The number of aryl methyl sites for hydroxylation is 1. The van der Waals surface area contributed by atoms with Gasteiger partial charge in [-0.2, -0.15) is 0 Å². The van der Waals surface area contributed by atoms with E-state index in [1.165, 1.54) is 0 Å². The van der Waals surface area contributed by atoms with Gasteiger partial charge in [0.1, 0.15) is 5.82 Å². The molecule has 1 aliphatic heterocycles. The van der Waals surface area contributed by atoms with Crippen LogP contribution in [0.15, 0.2) is 35.1 Å². The number of hydrogen-bond acceptors (Lipinski definition) is 5. The lowest BCUT2D eigenvalue weighted by molar-refractivity contribution is -0.121. The topological polar surface area (TPSA) is 71.3 Å². The molecule has 2 aromatic heterocycles. The van der Waals surface area contributed by atoms with Crippen LogP contribution in [0, 0.1) is 12.8 Å². The lowest BCUT2D eigenvalue weighted by Gasteiger charge is -2.31. The van der Waals surface area contributed by atoms with Crippen molar-refractivity contribution in [2.75, 3.05) is 18.4 Å². The van der Waals surface area contributed by atoms with Gasteiger partial charge in [0.2, 0.25) is 5.91 Å². The van der Waals surface area contributed by atoms with Crippen molar-refractivity contribution < 1.29 is 9.32 Å². The number of aromatic nitrogens is 2. The number of pyridine rings is 1. The number of anilines is 1. The van der Waals surface area contributed by atoms with Crippen LogP contribution in [0.4, 0.5) is 5.82 Å². The van der Waals surface area contributed by atoms with Gasteiger partial charge in [0.15, 0.2) is 5.76 Å². The fraction of sp³-hybridized carbons (Fsp3) is 0.438. The second kappa shape index (κ2) is 6.70. The number of piperidine rings is 1. The molecule has 0 aliphatic carbocycles. The van der Waals surface area contributed by atoms with Crippen molar-refractivity contribution in [1.29, 1.82) is 0 Å². The lowest BCUT2D eigenvalue weighted by atomic mass is 9.97. The zero-order valence-corrected chi connectivity index (χ0v) is 12.7. The third-order valence-electron chi connectivity index (χ3n) is 3.91. The van der Waals surface area contributed by atoms with Crippen LogP contribution in [-0.4, -0.2) is 34.0 Å². The summed E-state index contributed by atoms with van der Waals surface area (Å²) in [5.74, 6) is 1.47. The average Bonchev–Trinajstić information content (AvgIpc) is 3.03. The molecule has 3 heterocycles. The SMILES string of the molecule is Cc1ccc(NC(=O)[C@@H]2CCCN(Cc3ccno3)C2)nc1. The van der Waals surface area contributed by atoms with Crippen LogP contribution in [0.25, 0.3) is 0 Å². The summed E-state index contributed by atoms with van der Waals surface area (Å²) < 4.78 is 5.14. The maximum absolute atomic E-state index is 12.4. The normalized spacial score (nSPS) is 19.0. The molecule has 2 aromatic rings. The summed E-state index contributed by atoms with van der Waals surface area (Å²) in [4.78, 5) is 18.8. The summed E-state index contributed by atoms with van der Waals surface area (Å²) in [5, 5.41) is 6.62. The van der Waals surface area contributed by atoms with Crippen molar-refractivity contribution in [2.45, 2.75) is 26.3 Å². The van der Waals surface area contributed by atoms with Crippen LogP contribution in [0.1, 0.15) is 24.2 Å². The van der Waals surface area contributed by atoms with Gasteiger partial charge < -0.3 is 9.84 Å². The first kappa shape index (κ1) is 14.7. The number of carbonyl (C=O) groups excluding carboxylic acids is 1. The summed E-state index contributed by atoms with van der Waals surface area (Å²) in [6, 6.07) is 5.64. The first-order chi connectivity index (χ1) is 10.7. The molecular weight excluding hydrogens is 280 g/mol. The molecule has 6 nitrogen and oxygen atoms in total. The Bertz CT molecular complexity index is 610. The molecule has 1 saturated heterocycles. The number of nitrogens with zero attached hydrogens (tertiary/aromatic N) is 3. The number of rotatable bonds is 4. The number of carbonyl (C=O) groups is 1. The van der Waals surface area contributed by atoms with Gasteiger partial charge in [-0.25, -0.2) is 4.98 Å². The summed E-state index contributed by atoms with van der Waals surface area (Å²) in [6.45, 7) is 4.39. The van der Waals surface area contributed by atoms with E-state index in [0.29, 0.717) is 12.4 Å². The molecule has 3 rings (SSSR count). The van der Waals surface area contributed by atoms with Gasteiger partial charge >= 0.3 is 0 Å². The van der Waals surface area contributed by atoms with Crippen molar-refractivity contribution in [3.63, 3.8) is 0 Å². The quantitative estimate of drug-likeness (QED) is 0.937. The maximum Gasteiger partial charge on any atom is 0.229 e. The summed E-state index contributed by atoms with van der Waals surface area (Å²) in [7, 11) is 0. The first-order valence-corrected chi connectivity index (χ1v) is 7.56. The molecule has 0 bridgehead atoms. The largest absolute Gasteiger partial charge is 0.360 e. The zero-order valence-electron chi connectivity index (χ0n) is 12.7. The molecule has 116 valence electrons. The first-order valence-electron chi connectivity index (χ1n) is 7.56. The standard InChI is InChI=1S/C16H20N4O2/c1-12-4-5-15(17-9-12)19-16(21)13-3-2-8-20(10-13)11-14-6-7-18-22-14/h4-7,9,13H,2-3,8,10-11H2,1H3,(H,17,19,21)/t13-/m1/s1. The van der Waals surface area contributed by atoms with Crippen LogP contribution in [0.3, 0.4) is 0 Å². The minimum atomic E-state index is -0.0141. The van der Waals surface area contributed by atoms with E-state index in [-0.39, 0.29) is 11.8 Å². The number of hydrogen-bond donors (Lipinski definition) is 1. The fourth-order valence-electron chi connectivity index (χ4n) is 2.73. The van der Waals surface area contributed by atoms with Crippen molar-refractivity contribution in [2.24, 2.45) is 5.92 Å². The van der Waals surface area contributed by atoms with E-state index in [4.69, 9.17) is 4.52 Å². The summed E-state index contributed by atoms with van der Waals surface area (Å²) >= 11 is 0. The highest BCUT2D eigenvalue weighted by Crippen LogP contribution is 2.20. The Morgan fingerprint density at radius 2 is 2.36 bits per heavy atom. The van der Waals surface area contributed by atoms with Gasteiger partial charge in [0.05, 0.1) is 18.7 Å². The molecule has 0 aromatic carbocycles. The zero-order chi connectivity index (χ0) is 15.4. The molecule has 1 atom stereocenters. The molecule has 0 spiro atoms. The highest BCUT2D eigenvalue weighted by molar-refractivity contribution is 5.91. The van der Waals surface area contributed by atoms with Crippen molar-refractivity contribution >= 4 is 11.7 Å². The van der Waals surface area contributed by atoms with Crippen molar-refractivity contribution in [1.82, 2.24) is 15.0 Å². The number of likely N-dealkylation sites (tertiary alicyclic amines) is 1. The molecule has 0 radical (unpaired) electrons. The number of amides is 1. The van der Waals surface area contributed by atoms with Gasteiger partial charge in [0, 0.05) is 18.8 Å². The van der Waals surface area contributed by atoms with Gasteiger partial charge in [-0.15, -0.1) is 0 Å². The van der Waals surface area contributed by atoms with Crippen molar-refractivity contribution in [3.8, 4) is 0 Å². The second-order valence-electron chi connectivity index (χ2n) is 5.76. The monoisotopic (exact) mass is 300 g/mol. The molecule has 1 aliphatic rings. The Morgan fingerprint density at radius 1 is 1.45 bits per heavy atom. The van der Waals surface area contributed by atoms with E-state index < -0.39 is 0 Å². The predicted molar refractivity (Wildman–Crippen MR) is 82.1 cm³/mol. The molecule has 0 saturated carbocycles. The van der Waals surface area contributed by atoms with Crippen LogP contribution in [0.5, 0.6) is 0 Å². The van der Waals surface area contributed by atoms with Crippen LogP contribution in [-0.2, 0) is 11.3 Å². The Balaban J connectivity index is 1.56. The van der Waals surface area contributed by atoms with E-state index in [1.807, 2.05) is 25.1 Å². The Labute approximate surface area is 129 Å². The fourth-order valence-corrected chi connectivity index (χ4v) is 2.73. The highest BCUT2D eigenvalue weighted by atomic mass is 16.5. The van der Waals surface area contributed by atoms with Crippen molar-refractivity contribution in [3.05, 3.63) is 41.9 Å². The highest BCUT2D eigenvalue weighted by Gasteiger charge is 2.26. The smallest absolute Gasteiger partial charge is 0.229 e. The minimum absolute atomic E-state index is 0.0141. The average molecular weight is 300 g/mol. The Hall–Kier alpha value is -2.21. The third-order valence-corrected chi connectivity index (χ3v) is 3.91. The van der Waals surface area contributed by atoms with Crippen LogP contribution >= 0.6 is 0 Å². The van der Waals surface area contributed by atoms with Gasteiger partial charge in [-0.1, -0.05) is 11.2 Å². The molecular formula is C16H20N4O2. The molecule has 22 heavy (non-hydrogen) atoms. The predicted octanol–water partition coefficient (Wildman–Crippen LogP) is 2.23. The van der Waals surface area contributed by atoms with Gasteiger partial charge in [0.25, 0.3) is 0 Å². The van der Waals surface area contributed by atoms with Gasteiger partial charge in [-0.3, -0.25) is 9.69 Å². The Kier molecular flexibility index (Phi) is 4.48. The molecule has 1 N–H and O–H groups in total. The molecule has 1 amide bonds. The van der Waals surface area contributed by atoms with E-state index in [1.54, 1.807) is 12.4 Å². The molecule has 0 unspecified atom stereocenters. The van der Waals surface area contributed by atoms with E-state index in [9.17, 15) is 4.79 Å². The van der Waals surface area contributed by atoms with E-state index in [0.717, 1.165) is 37.3 Å². The van der Waals surface area contributed by atoms with Crippen LogP contribution in [0.2, 0.25) is 0 Å². The van der Waals surface area contributed by atoms with E-state index >= 15 is 0 Å². The number of nitrogens with one attached hydrogen (secondary N) is 1. The summed E-state index contributed by atoms with van der Waals surface area (Å²) in [5.41, 5.74) is 1.08. The van der Waals surface area contributed by atoms with Gasteiger partial charge in [-0.05, 0) is 37.9 Å². The van der Waals surface area contributed by atoms with E-state index in [2.05, 4.69) is 20.4 Å². The van der Waals surface area contributed by atoms with Crippen LogP contribution < -0.4 is 5.32 Å². The second-order valence-corrected chi connectivity index (χ2v) is 5.76. The maximum atomic E-state index is 12.4. The molecule has 6 heteroatoms.